The fourth-order valence-corrected chi connectivity index (χ4v) is 12.6. The van der Waals surface area contributed by atoms with Crippen LogP contribution in [0.5, 0.6) is 0 Å². The van der Waals surface area contributed by atoms with Gasteiger partial charge < -0.3 is 33.8 Å². The second-order valence-electron chi connectivity index (χ2n) is 27.5. The molecule has 0 aliphatic rings. The molecule has 0 saturated heterocycles. The SMILES string of the molecule is CCCCCCCCCCCCCC(=O)OC[C@H](COP(=O)(O)OC[C@H](O)COP(=O)(O)OC[C@@H](COC(=O)CCCCCCCCCCCCC(C)CC)OC(=O)CCCCCCCCCCCCCCC(C)C)OC(=O)CCCCCCCCCCCC(C)C. The molecule has 17 nitrogen and oxygen atoms in total. The lowest BCUT2D eigenvalue weighted by atomic mass is 9.99. The van der Waals surface area contributed by atoms with Crippen molar-refractivity contribution >= 4 is 39.5 Å². The van der Waals surface area contributed by atoms with E-state index in [-0.39, 0.29) is 25.7 Å². The molecule has 0 fully saturated rings. The average Bonchev–Trinajstić information content (AvgIpc) is 2.85. The lowest BCUT2D eigenvalue weighted by Gasteiger charge is -2.21. The van der Waals surface area contributed by atoms with Crippen LogP contribution in [0, 0.1) is 17.8 Å². The predicted molar refractivity (Wildman–Crippen MR) is 372 cm³/mol. The molecule has 3 unspecified atom stereocenters. The smallest absolute Gasteiger partial charge is 0.462 e. The first-order valence-electron chi connectivity index (χ1n) is 37.9. The number of ether oxygens (including phenoxy) is 4. The molecule has 19 heteroatoms. The van der Waals surface area contributed by atoms with Gasteiger partial charge in [-0.3, -0.25) is 37.3 Å². The normalized spacial score (nSPS) is 14.4. The number of unbranched alkanes of at least 4 members (excludes halogenated alkanes) is 38. The van der Waals surface area contributed by atoms with Crippen LogP contribution in [0.3, 0.4) is 0 Å². The summed E-state index contributed by atoms with van der Waals surface area (Å²) in [5, 5.41) is 10.6. The lowest BCUT2D eigenvalue weighted by molar-refractivity contribution is -0.161. The fraction of sp³-hybridized carbons (Fsp3) is 0.945. The second kappa shape index (κ2) is 63.8. The molecule has 0 saturated carbocycles. The number of carbonyl (C=O) groups is 4. The largest absolute Gasteiger partial charge is 0.472 e. The van der Waals surface area contributed by atoms with Crippen LogP contribution in [-0.2, 0) is 65.4 Å². The summed E-state index contributed by atoms with van der Waals surface area (Å²) in [7, 11) is -9.91. The number of carbonyl (C=O) groups excluding carboxylic acids is 4. The minimum atomic E-state index is -4.96. The first-order valence-corrected chi connectivity index (χ1v) is 40.9. The quantitative estimate of drug-likeness (QED) is 0.0222. The third-order valence-electron chi connectivity index (χ3n) is 17.2. The van der Waals surface area contributed by atoms with Crippen LogP contribution in [0.15, 0.2) is 0 Å². The summed E-state index contributed by atoms with van der Waals surface area (Å²) in [6.07, 6.45) is 48.4. The first-order chi connectivity index (χ1) is 44.3. The molecule has 6 atom stereocenters. The highest BCUT2D eigenvalue weighted by Gasteiger charge is 2.30. The Hall–Kier alpha value is -1.94. The van der Waals surface area contributed by atoms with E-state index in [1.54, 1.807) is 0 Å². The molecule has 0 aromatic heterocycles. The van der Waals surface area contributed by atoms with Crippen molar-refractivity contribution in [3.05, 3.63) is 0 Å². The van der Waals surface area contributed by atoms with Crippen molar-refractivity contribution in [3.8, 4) is 0 Å². The minimum Gasteiger partial charge on any atom is -0.462 e. The second-order valence-corrected chi connectivity index (χ2v) is 30.4. The van der Waals surface area contributed by atoms with Crippen LogP contribution in [0.25, 0.3) is 0 Å². The summed E-state index contributed by atoms with van der Waals surface area (Å²) in [5.74, 6) is 0.202. The van der Waals surface area contributed by atoms with Gasteiger partial charge in [-0.2, -0.15) is 0 Å². The Kier molecular flexibility index (Phi) is 62.4. The van der Waals surface area contributed by atoms with Gasteiger partial charge in [-0.1, -0.05) is 318 Å². The summed E-state index contributed by atoms with van der Waals surface area (Å²) >= 11 is 0. The zero-order valence-electron chi connectivity index (χ0n) is 60.0. The number of phosphoric acid groups is 2. The number of phosphoric ester groups is 2. The summed E-state index contributed by atoms with van der Waals surface area (Å²) in [6, 6.07) is 0. The molecular weight excluding hydrogens is 1210 g/mol. The van der Waals surface area contributed by atoms with Gasteiger partial charge in [-0.25, -0.2) is 9.13 Å². The standard InChI is InChI=1S/C73H142O17P2/c1-8-10-11-12-13-14-17-26-33-40-47-54-70(75)83-61-69(90-73(78)57-50-43-36-29-22-24-31-38-45-52-65(5)6)63-88-92(81,82)86-59-67(74)58-85-91(79,80)87-62-68(60-84-71(76)55-48-41-34-27-21-20-25-32-39-46-53-66(7)9-2)89-72(77)56-49-42-35-28-19-16-15-18-23-30-37-44-51-64(3)4/h64-69,74H,8-63H2,1-7H3,(H,79,80)(H,81,82)/t66?,67-,68-,69-/m1/s1. The van der Waals surface area contributed by atoms with Gasteiger partial charge in [0, 0.05) is 25.7 Å². The van der Waals surface area contributed by atoms with E-state index in [0.29, 0.717) is 25.7 Å². The molecule has 3 N–H and O–H groups in total. The van der Waals surface area contributed by atoms with Crippen LogP contribution >= 0.6 is 15.6 Å². The highest BCUT2D eigenvalue weighted by Crippen LogP contribution is 2.45. The van der Waals surface area contributed by atoms with Gasteiger partial charge in [0.25, 0.3) is 0 Å². The van der Waals surface area contributed by atoms with Crippen LogP contribution in [-0.4, -0.2) is 96.7 Å². The molecule has 0 aromatic carbocycles. The Balaban J connectivity index is 5.27. The van der Waals surface area contributed by atoms with Crippen molar-refractivity contribution < 1.29 is 80.2 Å². The summed E-state index contributed by atoms with van der Waals surface area (Å²) in [6.45, 7) is 11.9. The Morgan fingerprint density at radius 1 is 0.315 bits per heavy atom. The van der Waals surface area contributed by atoms with E-state index in [2.05, 4.69) is 48.5 Å². The van der Waals surface area contributed by atoms with Crippen molar-refractivity contribution in [1.82, 2.24) is 0 Å². The third kappa shape index (κ3) is 65.4. The maximum Gasteiger partial charge on any atom is 0.472 e. The van der Waals surface area contributed by atoms with Gasteiger partial charge in [0.15, 0.2) is 12.2 Å². The molecule has 0 aromatic rings. The zero-order chi connectivity index (χ0) is 68.0. The molecule has 0 heterocycles. The summed E-state index contributed by atoms with van der Waals surface area (Å²) < 4.78 is 68.4. The van der Waals surface area contributed by atoms with Crippen LogP contribution in [0.2, 0.25) is 0 Å². The molecular formula is C73H142O17P2. The summed E-state index contributed by atoms with van der Waals surface area (Å²) in [5.41, 5.74) is 0. The first kappa shape index (κ1) is 90.1. The molecule has 0 aliphatic carbocycles. The third-order valence-corrected chi connectivity index (χ3v) is 19.1. The minimum absolute atomic E-state index is 0.105. The maximum absolute atomic E-state index is 13.1. The van der Waals surface area contributed by atoms with Gasteiger partial charge in [0.1, 0.15) is 19.3 Å². The van der Waals surface area contributed by atoms with Crippen molar-refractivity contribution in [2.24, 2.45) is 17.8 Å². The topological polar surface area (TPSA) is 237 Å². The molecule has 0 radical (unpaired) electrons. The molecule has 0 aliphatic heterocycles. The van der Waals surface area contributed by atoms with E-state index < -0.39 is 97.5 Å². The molecule has 0 rings (SSSR count). The van der Waals surface area contributed by atoms with Gasteiger partial charge in [0.2, 0.25) is 0 Å². The number of rotatable bonds is 71. The molecule has 92 heavy (non-hydrogen) atoms. The van der Waals surface area contributed by atoms with E-state index >= 15 is 0 Å². The molecule has 0 spiro atoms. The highest BCUT2D eigenvalue weighted by atomic mass is 31.2. The van der Waals surface area contributed by atoms with Gasteiger partial charge in [-0.05, 0) is 43.4 Å². The number of aliphatic hydroxyl groups excluding tert-OH is 1. The van der Waals surface area contributed by atoms with Crippen molar-refractivity contribution in [3.63, 3.8) is 0 Å². The van der Waals surface area contributed by atoms with Crippen molar-refractivity contribution in [1.29, 1.82) is 0 Å². The predicted octanol–water partition coefficient (Wildman–Crippen LogP) is 21.0. The van der Waals surface area contributed by atoms with Gasteiger partial charge in [0.05, 0.1) is 26.4 Å². The number of hydrogen-bond donors (Lipinski definition) is 3. The van der Waals surface area contributed by atoms with E-state index in [1.165, 1.54) is 180 Å². The van der Waals surface area contributed by atoms with E-state index in [4.69, 9.17) is 37.0 Å². The van der Waals surface area contributed by atoms with Crippen molar-refractivity contribution in [2.75, 3.05) is 39.6 Å². The Labute approximate surface area is 562 Å². The maximum atomic E-state index is 13.1. The zero-order valence-corrected chi connectivity index (χ0v) is 61.8. The van der Waals surface area contributed by atoms with E-state index in [9.17, 15) is 43.2 Å². The average molecular weight is 1350 g/mol. The number of esters is 4. The van der Waals surface area contributed by atoms with Crippen LogP contribution in [0.1, 0.15) is 370 Å². The Morgan fingerprint density at radius 2 is 0.554 bits per heavy atom. The lowest BCUT2D eigenvalue weighted by Crippen LogP contribution is -2.30. The number of aliphatic hydroxyl groups is 1. The fourth-order valence-electron chi connectivity index (χ4n) is 11.0. The summed E-state index contributed by atoms with van der Waals surface area (Å²) in [4.78, 5) is 72.7. The molecule has 546 valence electrons. The Bertz CT molecular complexity index is 1800. The number of hydrogen-bond acceptors (Lipinski definition) is 15. The van der Waals surface area contributed by atoms with Crippen LogP contribution < -0.4 is 0 Å². The molecule has 0 amide bonds. The monoisotopic (exact) mass is 1350 g/mol. The van der Waals surface area contributed by atoms with Crippen molar-refractivity contribution in [2.45, 2.75) is 388 Å². The van der Waals surface area contributed by atoms with E-state index in [1.807, 2.05) is 0 Å². The Morgan fingerprint density at radius 3 is 0.826 bits per heavy atom. The van der Waals surface area contributed by atoms with Gasteiger partial charge in [-0.15, -0.1) is 0 Å². The van der Waals surface area contributed by atoms with Crippen LogP contribution in [0.4, 0.5) is 0 Å². The highest BCUT2D eigenvalue weighted by molar-refractivity contribution is 7.47. The molecule has 0 bridgehead atoms. The van der Waals surface area contributed by atoms with Gasteiger partial charge >= 0.3 is 39.5 Å². The van der Waals surface area contributed by atoms with E-state index in [0.717, 1.165) is 108 Å².